The average molecular weight is 366 g/mol. The molecule has 0 bridgehead atoms. The lowest BCUT2D eigenvalue weighted by atomic mass is 10.1. The van der Waals surface area contributed by atoms with Gasteiger partial charge in [-0.1, -0.05) is 36.6 Å². The number of amides is 2. The number of carbonyl (C=O) groups is 1. The van der Waals surface area contributed by atoms with Gasteiger partial charge in [0.15, 0.2) is 0 Å². The van der Waals surface area contributed by atoms with E-state index in [4.69, 9.17) is 16.3 Å². The number of nitrogens with one attached hydrogen (secondary N) is 1. The van der Waals surface area contributed by atoms with Gasteiger partial charge in [0.25, 0.3) is 0 Å². The van der Waals surface area contributed by atoms with Crippen LogP contribution in [-0.4, -0.2) is 61.7 Å². The minimum atomic E-state index is -0.0811. The first kappa shape index (κ1) is 18.5. The van der Waals surface area contributed by atoms with Crippen molar-refractivity contribution in [3.05, 3.63) is 34.9 Å². The van der Waals surface area contributed by atoms with Crippen LogP contribution in [-0.2, 0) is 4.74 Å². The van der Waals surface area contributed by atoms with Crippen molar-refractivity contribution in [2.75, 3.05) is 45.9 Å². The van der Waals surface area contributed by atoms with Gasteiger partial charge in [0.1, 0.15) is 6.10 Å². The second-order valence-corrected chi connectivity index (χ2v) is 7.28. The summed E-state index contributed by atoms with van der Waals surface area (Å²) in [5.41, 5.74) is 1.06. The van der Waals surface area contributed by atoms with E-state index in [9.17, 15) is 4.79 Å². The smallest absolute Gasteiger partial charge is 0.317 e. The molecule has 25 heavy (non-hydrogen) atoms. The van der Waals surface area contributed by atoms with E-state index >= 15 is 0 Å². The molecule has 1 atom stereocenters. The molecule has 1 aromatic rings. The maximum absolute atomic E-state index is 12.5. The number of morpholine rings is 1. The zero-order valence-electron chi connectivity index (χ0n) is 14.8. The van der Waals surface area contributed by atoms with Crippen LogP contribution >= 0.6 is 11.6 Å². The molecule has 2 aliphatic rings. The van der Waals surface area contributed by atoms with Gasteiger partial charge in [-0.05, 0) is 43.6 Å². The van der Waals surface area contributed by atoms with Crippen molar-refractivity contribution < 1.29 is 9.53 Å². The first-order valence-corrected chi connectivity index (χ1v) is 9.72. The number of halogens is 1. The highest BCUT2D eigenvalue weighted by molar-refractivity contribution is 6.30. The van der Waals surface area contributed by atoms with Crippen molar-refractivity contribution >= 4 is 17.6 Å². The first-order chi connectivity index (χ1) is 12.2. The van der Waals surface area contributed by atoms with Crippen molar-refractivity contribution in [3.8, 4) is 0 Å². The number of likely N-dealkylation sites (tertiary alicyclic amines) is 1. The van der Waals surface area contributed by atoms with Crippen LogP contribution in [0.5, 0.6) is 0 Å². The standard InChI is InChI=1S/C19H28ClN3O2/c20-17-7-5-16(6-8-17)18-15-23(13-14-25-18)19(24)21-9-12-22-10-3-1-2-4-11-22/h5-8,18H,1-4,9-15H2,(H,21,24)/t18-/m1/s1. The molecule has 0 aromatic heterocycles. The number of carbonyl (C=O) groups excluding carboxylic acids is 1. The predicted octanol–water partition coefficient (Wildman–Crippen LogP) is 3.30. The molecular formula is C19H28ClN3O2. The van der Waals surface area contributed by atoms with Crippen LogP contribution in [0.1, 0.15) is 37.4 Å². The Morgan fingerprint density at radius 2 is 1.84 bits per heavy atom. The lowest BCUT2D eigenvalue weighted by Gasteiger charge is -2.33. The Kier molecular flexibility index (Phi) is 6.96. The molecule has 2 fully saturated rings. The van der Waals surface area contributed by atoms with Crippen LogP contribution in [0.3, 0.4) is 0 Å². The summed E-state index contributed by atoms with van der Waals surface area (Å²) in [7, 11) is 0. The number of urea groups is 1. The summed E-state index contributed by atoms with van der Waals surface area (Å²) in [6.07, 6.45) is 5.15. The Balaban J connectivity index is 1.44. The number of nitrogens with zero attached hydrogens (tertiary/aromatic N) is 2. The van der Waals surface area contributed by atoms with Crippen LogP contribution in [0.2, 0.25) is 5.02 Å². The van der Waals surface area contributed by atoms with E-state index < -0.39 is 0 Å². The van der Waals surface area contributed by atoms with Crippen LogP contribution in [0.4, 0.5) is 4.79 Å². The molecule has 3 rings (SSSR count). The lowest BCUT2D eigenvalue weighted by Crippen LogP contribution is -2.48. The molecule has 6 heteroatoms. The van der Waals surface area contributed by atoms with Crippen LogP contribution in [0.15, 0.2) is 24.3 Å². The molecule has 0 radical (unpaired) electrons. The molecule has 0 spiro atoms. The van der Waals surface area contributed by atoms with Crippen molar-refractivity contribution in [1.82, 2.24) is 15.1 Å². The van der Waals surface area contributed by atoms with Crippen molar-refractivity contribution in [2.24, 2.45) is 0 Å². The molecule has 1 N–H and O–H groups in total. The topological polar surface area (TPSA) is 44.8 Å². The van der Waals surface area contributed by atoms with Crippen LogP contribution in [0, 0.1) is 0 Å². The molecule has 138 valence electrons. The highest BCUT2D eigenvalue weighted by atomic mass is 35.5. The lowest BCUT2D eigenvalue weighted by molar-refractivity contribution is -0.0154. The zero-order valence-corrected chi connectivity index (χ0v) is 15.5. The normalized spacial score (nSPS) is 22.4. The largest absolute Gasteiger partial charge is 0.370 e. The fourth-order valence-corrected chi connectivity index (χ4v) is 3.63. The monoisotopic (exact) mass is 365 g/mol. The quantitative estimate of drug-likeness (QED) is 0.890. The average Bonchev–Trinajstić information content (AvgIpc) is 2.91. The van der Waals surface area contributed by atoms with Gasteiger partial charge in [0.2, 0.25) is 0 Å². The summed E-state index contributed by atoms with van der Waals surface area (Å²) >= 11 is 5.94. The second kappa shape index (κ2) is 9.41. The van der Waals surface area contributed by atoms with Gasteiger partial charge in [-0.3, -0.25) is 0 Å². The summed E-state index contributed by atoms with van der Waals surface area (Å²) < 4.78 is 5.82. The highest BCUT2D eigenvalue weighted by Gasteiger charge is 2.25. The Morgan fingerprint density at radius 1 is 1.12 bits per heavy atom. The number of hydrogen-bond donors (Lipinski definition) is 1. The van der Waals surface area contributed by atoms with Crippen molar-refractivity contribution in [2.45, 2.75) is 31.8 Å². The third-order valence-corrected chi connectivity index (χ3v) is 5.25. The van der Waals surface area contributed by atoms with E-state index in [1.54, 1.807) is 0 Å². The van der Waals surface area contributed by atoms with E-state index in [-0.39, 0.29) is 12.1 Å². The van der Waals surface area contributed by atoms with Crippen molar-refractivity contribution in [3.63, 3.8) is 0 Å². The summed E-state index contributed by atoms with van der Waals surface area (Å²) in [4.78, 5) is 16.8. The molecule has 0 unspecified atom stereocenters. The molecular weight excluding hydrogens is 338 g/mol. The van der Waals surface area contributed by atoms with E-state index in [0.717, 1.165) is 25.2 Å². The SMILES string of the molecule is O=C(NCCN1CCCCCC1)N1CCO[C@@H](c2ccc(Cl)cc2)C1. The third kappa shape index (κ3) is 5.59. The van der Waals surface area contributed by atoms with Gasteiger partial charge >= 0.3 is 6.03 Å². The van der Waals surface area contributed by atoms with Gasteiger partial charge in [-0.25, -0.2) is 4.79 Å². The highest BCUT2D eigenvalue weighted by Crippen LogP contribution is 2.23. The van der Waals surface area contributed by atoms with Crippen LogP contribution in [0.25, 0.3) is 0 Å². The molecule has 1 aromatic carbocycles. The van der Waals surface area contributed by atoms with E-state index in [2.05, 4.69) is 10.2 Å². The maximum Gasteiger partial charge on any atom is 0.317 e. The number of benzene rings is 1. The number of rotatable bonds is 4. The summed E-state index contributed by atoms with van der Waals surface area (Å²) in [6, 6.07) is 7.67. The molecule has 0 aliphatic carbocycles. The summed E-state index contributed by atoms with van der Waals surface area (Å²) in [6.45, 7) is 5.75. The maximum atomic E-state index is 12.5. The molecule has 2 saturated heterocycles. The zero-order chi connectivity index (χ0) is 17.5. The van der Waals surface area contributed by atoms with Crippen LogP contribution < -0.4 is 5.32 Å². The Labute approximate surface area is 155 Å². The fraction of sp³-hybridized carbons (Fsp3) is 0.632. The minimum absolute atomic E-state index is 0.0112. The summed E-state index contributed by atoms with van der Waals surface area (Å²) in [5, 5.41) is 3.78. The third-order valence-electron chi connectivity index (χ3n) is 5.00. The van der Waals surface area contributed by atoms with Crippen molar-refractivity contribution in [1.29, 1.82) is 0 Å². The van der Waals surface area contributed by atoms with Gasteiger partial charge in [-0.15, -0.1) is 0 Å². The Hall–Kier alpha value is -1.30. The Bertz CT molecular complexity index is 544. The van der Waals surface area contributed by atoms with Gasteiger partial charge < -0.3 is 19.9 Å². The van der Waals surface area contributed by atoms with E-state index in [0.29, 0.717) is 31.3 Å². The Morgan fingerprint density at radius 3 is 2.56 bits per heavy atom. The molecule has 0 saturated carbocycles. The molecule has 2 heterocycles. The van der Waals surface area contributed by atoms with Gasteiger partial charge in [0, 0.05) is 24.7 Å². The van der Waals surface area contributed by atoms with E-state index in [1.165, 1.54) is 25.7 Å². The second-order valence-electron chi connectivity index (χ2n) is 6.84. The summed E-state index contributed by atoms with van der Waals surface area (Å²) in [5.74, 6) is 0. The van der Waals surface area contributed by atoms with Gasteiger partial charge in [-0.2, -0.15) is 0 Å². The fourth-order valence-electron chi connectivity index (χ4n) is 3.51. The first-order valence-electron chi connectivity index (χ1n) is 9.34. The molecule has 2 aliphatic heterocycles. The molecule has 2 amide bonds. The minimum Gasteiger partial charge on any atom is -0.370 e. The predicted molar refractivity (Wildman–Crippen MR) is 100 cm³/mol. The molecule has 5 nitrogen and oxygen atoms in total. The number of ether oxygens (including phenoxy) is 1. The number of hydrogen-bond acceptors (Lipinski definition) is 3. The van der Waals surface area contributed by atoms with Gasteiger partial charge in [0.05, 0.1) is 13.2 Å². The van der Waals surface area contributed by atoms with E-state index in [1.807, 2.05) is 29.2 Å².